The Balaban J connectivity index is 1.44. The first kappa shape index (κ1) is 22.2. The summed E-state index contributed by atoms with van der Waals surface area (Å²) < 4.78 is 5.52. The second-order valence-electron chi connectivity index (χ2n) is 7.68. The summed E-state index contributed by atoms with van der Waals surface area (Å²) in [6.07, 6.45) is -0.861. The Kier molecular flexibility index (Phi) is 6.68. The lowest BCUT2D eigenvalue weighted by Crippen LogP contribution is -2.41. The quantitative estimate of drug-likeness (QED) is 0.550. The molecule has 3 aromatic carbocycles. The molecule has 0 radical (unpaired) electrons. The normalized spacial score (nSPS) is 13.2. The van der Waals surface area contributed by atoms with Crippen molar-refractivity contribution in [2.45, 2.75) is 24.8 Å². The van der Waals surface area contributed by atoms with Crippen molar-refractivity contribution in [2.24, 2.45) is 0 Å². The number of hydrogen-bond donors (Lipinski definition) is 1. The maximum atomic E-state index is 12.5. The van der Waals surface area contributed by atoms with E-state index in [0.29, 0.717) is 15.6 Å². The molecule has 1 aliphatic rings. The molecule has 1 aliphatic carbocycles. The zero-order valence-corrected chi connectivity index (χ0v) is 18.5. The van der Waals surface area contributed by atoms with Crippen molar-refractivity contribution in [1.29, 1.82) is 0 Å². The summed E-state index contributed by atoms with van der Waals surface area (Å²) >= 11 is 12.1. The van der Waals surface area contributed by atoms with Gasteiger partial charge in [0, 0.05) is 34.4 Å². The van der Waals surface area contributed by atoms with Crippen LogP contribution in [0.15, 0.2) is 66.7 Å². The Morgan fingerprint density at radius 3 is 2.19 bits per heavy atom. The summed E-state index contributed by atoms with van der Waals surface area (Å²) in [5.74, 6) is -1.36. The van der Waals surface area contributed by atoms with Crippen molar-refractivity contribution in [3.05, 3.63) is 93.5 Å². The van der Waals surface area contributed by atoms with Crippen molar-refractivity contribution < 1.29 is 19.4 Å². The molecule has 4 rings (SSSR count). The average molecular weight is 469 g/mol. The highest BCUT2D eigenvalue weighted by atomic mass is 35.5. The molecular formula is C25H20Cl2NO4-. The van der Waals surface area contributed by atoms with Gasteiger partial charge >= 0.3 is 6.09 Å². The molecule has 3 aromatic rings. The van der Waals surface area contributed by atoms with Crippen molar-refractivity contribution in [1.82, 2.24) is 5.32 Å². The Labute approximate surface area is 195 Å². The van der Waals surface area contributed by atoms with Gasteiger partial charge in [0.05, 0.1) is 0 Å². The minimum Gasteiger partial charge on any atom is -0.550 e. The summed E-state index contributed by atoms with van der Waals surface area (Å²) in [5.41, 5.74) is 5.12. The Bertz CT molecular complexity index is 1120. The molecule has 5 nitrogen and oxygen atoms in total. The number of halogens is 2. The molecule has 0 saturated carbocycles. The molecule has 0 aliphatic heterocycles. The van der Waals surface area contributed by atoms with Gasteiger partial charge in [0.25, 0.3) is 0 Å². The molecular weight excluding hydrogens is 449 g/mol. The van der Waals surface area contributed by atoms with Gasteiger partial charge in [0.2, 0.25) is 0 Å². The summed E-state index contributed by atoms with van der Waals surface area (Å²) in [5, 5.41) is 14.7. The second kappa shape index (κ2) is 9.63. The topological polar surface area (TPSA) is 78.5 Å². The fraction of sp³-hybridized carbons (Fsp3) is 0.200. The number of carboxylic acid groups (broad SMARTS) is 1. The van der Waals surface area contributed by atoms with Gasteiger partial charge in [-0.05, 0) is 46.4 Å². The van der Waals surface area contributed by atoms with E-state index in [-0.39, 0.29) is 25.4 Å². The molecule has 7 heteroatoms. The average Bonchev–Trinajstić information content (AvgIpc) is 3.07. The van der Waals surface area contributed by atoms with Crippen molar-refractivity contribution >= 4 is 35.3 Å². The van der Waals surface area contributed by atoms with Crippen LogP contribution < -0.4 is 10.4 Å². The SMILES string of the molecule is O=C([O-])C[C@H](Cc1ccc(Cl)cc1Cl)NC(=O)OCC1c2ccccc2-c2ccccc21. The number of ether oxygens (including phenoxy) is 1. The number of rotatable bonds is 7. The molecule has 0 heterocycles. The molecule has 164 valence electrons. The van der Waals surface area contributed by atoms with E-state index in [1.807, 2.05) is 36.4 Å². The zero-order chi connectivity index (χ0) is 22.7. The Morgan fingerprint density at radius 1 is 0.969 bits per heavy atom. The van der Waals surface area contributed by atoms with Gasteiger partial charge in [-0.2, -0.15) is 0 Å². The summed E-state index contributed by atoms with van der Waals surface area (Å²) in [6, 6.07) is 20.3. The highest BCUT2D eigenvalue weighted by Crippen LogP contribution is 2.44. The molecule has 1 atom stereocenters. The Hall–Kier alpha value is -3.02. The first-order valence-electron chi connectivity index (χ1n) is 10.2. The van der Waals surface area contributed by atoms with Crippen LogP contribution in [-0.4, -0.2) is 24.7 Å². The lowest BCUT2D eigenvalue weighted by atomic mass is 9.98. The smallest absolute Gasteiger partial charge is 0.407 e. The number of carbonyl (C=O) groups excluding carboxylic acids is 2. The van der Waals surface area contributed by atoms with Crippen LogP contribution in [0.1, 0.15) is 29.0 Å². The summed E-state index contributed by atoms with van der Waals surface area (Å²) in [6.45, 7) is 0.138. The molecule has 0 fully saturated rings. The van der Waals surface area contributed by atoms with Crippen molar-refractivity contribution in [2.75, 3.05) is 6.61 Å². The minimum atomic E-state index is -1.28. The van der Waals surface area contributed by atoms with E-state index in [2.05, 4.69) is 17.4 Å². The fourth-order valence-electron chi connectivity index (χ4n) is 4.13. The van der Waals surface area contributed by atoms with E-state index in [9.17, 15) is 14.7 Å². The zero-order valence-electron chi connectivity index (χ0n) is 17.0. The summed E-state index contributed by atoms with van der Waals surface area (Å²) in [4.78, 5) is 23.7. The fourth-order valence-corrected chi connectivity index (χ4v) is 4.62. The van der Waals surface area contributed by atoms with Gasteiger partial charge < -0.3 is 20.0 Å². The van der Waals surface area contributed by atoms with Gasteiger partial charge in [-0.15, -0.1) is 0 Å². The molecule has 0 aromatic heterocycles. The lowest BCUT2D eigenvalue weighted by Gasteiger charge is -2.21. The number of aliphatic carboxylic acids is 1. The largest absolute Gasteiger partial charge is 0.550 e. The first-order valence-corrected chi connectivity index (χ1v) is 10.9. The monoisotopic (exact) mass is 468 g/mol. The van der Waals surface area contributed by atoms with Crippen LogP contribution in [0.25, 0.3) is 11.1 Å². The van der Waals surface area contributed by atoms with Gasteiger partial charge in [0.1, 0.15) is 6.61 Å². The van der Waals surface area contributed by atoms with Crippen LogP contribution in [0.2, 0.25) is 10.0 Å². The minimum absolute atomic E-state index is 0.0848. The number of benzene rings is 3. The second-order valence-corrected chi connectivity index (χ2v) is 8.53. The molecule has 1 N–H and O–H groups in total. The van der Waals surface area contributed by atoms with E-state index >= 15 is 0 Å². The van der Waals surface area contributed by atoms with Crippen LogP contribution in [0.4, 0.5) is 4.79 Å². The van der Waals surface area contributed by atoms with Crippen molar-refractivity contribution in [3.8, 4) is 11.1 Å². The lowest BCUT2D eigenvalue weighted by molar-refractivity contribution is -0.306. The predicted octanol–water partition coefficient (Wildman–Crippen LogP) is 4.58. The van der Waals surface area contributed by atoms with Crippen LogP contribution in [0.5, 0.6) is 0 Å². The molecule has 0 bridgehead atoms. The number of alkyl carbamates (subject to hydrolysis) is 1. The van der Waals surface area contributed by atoms with E-state index in [4.69, 9.17) is 27.9 Å². The van der Waals surface area contributed by atoms with Crippen LogP contribution in [-0.2, 0) is 16.0 Å². The maximum absolute atomic E-state index is 12.5. The molecule has 0 spiro atoms. The van der Waals surface area contributed by atoms with Crippen molar-refractivity contribution in [3.63, 3.8) is 0 Å². The number of carboxylic acids is 1. The van der Waals surface area contributed by atoms with Gasteiger partial charge in [0.15, 0.2) is 0 Å². The number of amides is 1. The van der Waals surface area contributed by atoms with Gasteiger partial charge in [-0.3, -0.25) is 0 Å². The van der Waals surface area contributed by atoms with E-state index in [0.717, 1.165) is 22.3 Å². The van der Waals surface area contributed by atoms with Gasteiger partial charge in [-0.25, -0.2) is 4.79 Å². The number of carbonyl (C=O) groups is 2. The van der Waals surface area contributed by atoms with E-state index < -0.39 is 18.1 Å². The van der Waals surface area contributed by atoms with Gasteiger partial charge in [-0.1, -0.05) is 77.8 Å². The third-order valence-corrected chi connectivity index (χ3v) is 6.15. The number of hydrogen-bond acceptors (Lipinski definition) is 4. The molecule has 0 saturated heterocycles. The maximum Gasteiger partial charge on any atom is 0.407 e. The Morgan fingerprint density at radius 2 is 1.59 bits per heavy atom. The summed E-state index contributed by atoms with van der Waals surface area (Å²) in [7, 11) is 0. The van der Waals surface area contributed by atoms with Crippen LogP contribution in [0, 0.1) is 0 Å². The molecule has 0 unspecified atom stereocenters. The number of fused-ring (bicyclic) bond motifs is 3. The standard InChI is InChI=1S/C25H21Cl2NO4/c26-16-10-9-15(23(27)12-16)11-17(13-24(29)30)28-25(31)32-14-22-20-7-3-1-5-18(20)19-6-2-4-8-21(19)22/h1-10,12,17,22H,11,13-14H2,(H,28,31)(H,29,30)/p-1/t17-/m0/s1. The highest BCUT2D eigenvalue weighted by molar-refractivity contribution is 6.35. The molecule has 1 amide bonds. The third-order valence-electron chi connectivity index (χ3n) is 5.56. The first-order chi connectivity index (χ1) is 15.4. The predicted molar refractivity (Wildman–Crippen MR) is 122 cm³/mol. The number of nitrogens with one attached hydrogen (secondary N) is 1. The van der Waals surface area contributed by atoms with E-state index in [1.165, 1.54) is 0 Å². The van der Waals surface area contributed by atoms with E-state index in [1.54, 1.807) is 18.2 Å². The van der Waals surface area contributed by atoms with Crippen LogP contribution in [0.3, 0.4) is 0 Å². The van der Waals surface area contributed by atoms with Crippen LogP contribution >= 0.6 is 23.2 Å². The third kappa shape index (κ3) is 4.90. The molecule has 32 heavy (non-hydrogen) atoms. The highest BCUT2D eigenvalue weighted by Gasteiger charge is 2.29.